The third-order valence-electron chi connectivity index (χ3n) is 5.55. The average Bonchev–Trinajstić information content (AvgIpc) is 3.25. The molecular formula is C23H21N3O3S. The molecule has 2 aromatic carbocycles. The molecule has 3 amide bonds. The zero-order chi connectivity index (χ0) is 20.7. The highest BCUT2D eigenvalue weighted by Crippen LogP contribution is 2.45. The van der Waals surface area contributed by atoms with Gasteiger partial charge in [-0.3, -0.25) is 9.69 Å². The van der Waals surface area contributed by atoms with E-state index in [0.29, 0.717) is 24.2 Å². The van der Waals surface area contributed by atoms with E-state index in [-0.39, 0.29) is 18.0 Å². The van der Waals surface area contributed by atoms with Gasteiger partial charge in [-0.05, 0) is 42.6 Å². The molecule has 3 aromatic rings. The molecule has 3 heterocycles. The first-order chi connectivity index (χ1) is 14.5. The summed E-state index contributed by atoms with van der Waals surface area (Å²) in [7, 11) is 0. The quantitative estimate of drug-likeness (QED) is 0.656. The zero-order valence-electron chi connectivity index (χ0n) is 16.4. The fourth-order valence-corrected chi connectivity index (χ4v) is 4.83. The number of hydrogen-bond acceptors (Lipinski definition) is 4. The summed E-state index contributed by atoms with van der Waals surface area (Å²) in [4.78, 5) is 28.4. The lowest BCUT2D eigenvalue weighted by molar-refractivity contribution is 0.0378. The van der Waals surface area contributed by atoms with Gasteiger partial charge in [-0.25, -0.2) is 4.79 Å². The van der Waals surface area contributed by atoms with E-state index in [0.717, 1.165) is 16.2 Å². The molecule has 2 aliphatic rings. The van der Waals surface area contributed by atoms with Crippen molar-refractivity contribution in [1.82, 2.24) is 10.6 Å². The molecule has 7 heteroatoms. The Kier molecular flexibility index (Phi) is 4.47. The minimum atomic E-state index is -0.840. The molecule has 2 atom stereocenters. The molecule has 0 radical (unpaired) electrons. The maximum atomic E-state index is 13.0. The van der Waals surface area contributed by atoms with Crippen molar-refractivity contribution in [3.05, 3.63) is 82.0 Å². The normalized spacial score (nSPS) is 22.0. The van der Waals surface area contributed by atoms with E-state index < -0.39 is 5.72 Å². The summed E-state index contributed by atoms with van der Waals surface area (Å²) < 4.78 is 6.29. The third-order valence-corrected chi connectivity index (χ3v) is 6.43. The fourth-order valence-electron chi connectivity index (χ4n) is 4.18. The Bertz CT molecular complexity index is 1110. The third kappa shape index (κ3) is 3.21. The lowest BCUT2D eigenvalue weighted by Crippen LogP contribution is -2.65. The molecule has 2 bridgehead atoms. The molecule has 0 spiro atoms. The van der Waals surface area contributed by atoms with Crippen molar-refractivity contribution >= 4 is 29.0 Å². The lowest BCUT2D eigenvalue weighted by atomic mass is 9.90. The van der Waals surface area contributed by atoms with E-state index in [1.807, 2.05) is 54.8 Å². The molecule has 0 saturated carbocycles. The van der Waals surface area contributed by atoms with Gasteiger partial charge in [0, 0.05) is 22.4 Å². The number of fused-ring (bicyclic) bond motifs is 4. The number of amides is 3. The van der Waals surface area contributed by atoms with Crippen LogP contribution in [0.15, 0.2) is 66.0 Å². The molecule has 30 heavy (non-hydrogen) atoms. The first-order valence-electron chi connectivity index (χ1n) is 9.83. The molecule has 2 N–H and O–H groups in total. The van der Waals surface area contributed by atoms with Gasteiger partial charge in [-0.15, -0.1) is 11.3 Å². The van der Waals surface area contributed by atoms with Gasteiger partial charge in [0.25, 0.3) is 5.91 Å². The van der Waals surface area contributed by atoms with Gasteiger partial charge in [0.1, 0.15) is 5.75 Å². The minimum Gasteiger partial charge on any atom is -0.467 e. The molecule has 1 fully saturated rings. The van der Waals surface area contributed by atoms with Crippen LogP contribution in [-0.4, -0.2) is 17.7 Å². The first kappa shape index (κ1) is 18.7. The number of ether oxygens (including phenoxy) is 1. The van der Waals surface area contributed by atoms with Crippen molar-refractivity contribution in [3.8, 4) is 5.75 Å². The SMILES string of the molecule is C[C@@]12C[C@@H](NC(=O)N1c1cccc(C(=O)NCc3cccs3)c1)c1ccccc1O2. The van der Waals surface area contributed by atoms with Crippen molar-refractivity contribution in [1.29, 1.82) is 0 Å². The number of hydrogen-bond donors (Lipinski definition) is 2. The number of para-hydroxylation sites is 1. The van der Waals surface area contributed by atoms with E-state index in [9.17, 15) is 9.59 Å². The van der Waals surface area contributed by atoms with Crippen molar-refractivity contribution in [2.45, 2.75) is 31.7 Å². The molecule has 0 aliphatic carbocycles. The summed E-state index contributed by atoms with van der Waals surface area (Å²) in [5.41, 5.74) is 1.27. The fraction of sp³-hybridized carbons (Fsp3) is 0.217. The summed E-state index contributed by atoms with van der Waals surface area (Å²) in [6, 6.07) is 18.5. The van der Waals surface area contributed by atoms with E-state index in [2.05, 4.69) is 10.6 Å². The number of nitrogens with one attached hydrogen (secondary N) is 2. The van der Waals surface area contributed by atoms with Crippen molar-refractivity contribution in [2.75, 3.05) is 4.90 Å². The first-order valence-corrected chi connectivity index (χ1v) is 10.7. The van der Waals surface area contributed by atoms with Gasteiger partial charge in [-0.2, -0.15) is 0 Å². The largest absolute Gasteiger partial charge is 0.467 e. The lowest BCUT2D eigenvalue weighted by Gasteiger charge is -2.50. The summed E-state index contributed by atoms with van der Waals surface area (Å²) in [6.45, 7) is 2.39. The Hall–Kier alpha value is -3.32. The predicted molar refractivity (Wildman–Crippen MR) is 116 cm³/mol. The van der Waals surface area contributed by atoms with Gasteiger partial charge in [-0.1, -0.05) is 30.3 Å². The second kappa shape index (κ2) is 7.18. The molecule has 1 aromatic heterocycles. The monoisotopic (exact) mass is 419 g/mol. The highest BCUT2D eigenvalue weighted by Gasteiger charge is 2.49. The summed E-state index contributed by atoms with van der Waals surface area (Å²) in [5.74, 6) is 0.590. The topological polar surface area (TPSA) is 70.7 Å². The minimum absolute atomic E-state index is 0.0963. The Morgan fingerprint density at radius 1 is 1.23 bits per heavy atom. The molecule has 0 unspecified atom stereocenters. The number of benzene rings is 2. The highest BCUT2D eigenvalue weighted by atomic mass is 32.1. The van der Waals surface area contributed by atoms with E-state index in [1.54, 1.807) is 34.4 Å². The van der Waals surface area contributed by atoms with Gasteiger partial charge < -0.3 is 15.4 Å². The Morgan fingerprint density at radius 3 is 2.93 bits per heavy atom. The van der Waals surface area contributed by atoms with Crippen LogP contribution in [0.4, 0.5) is 10.5 Å². The number of anilines is 1. The molecule has 6 nitrogen and oxygen atoms in total. The van der Waals surface area contributed by atoms with Crippen LogP contribution in [-0.2, 0) is 6.54 Å². The number of rotatable bonds is 4. The Labute approximate surface area is 178 Å². The van der Waals surface area contributed by atoms with Gasteiger partial charge in [0.2, 0.25) is 0 Å². The maximum Gasteiger partial charge on any atom is 0.325 e. The number of urea groups is 1. The average molecular weight is 420 g/mol. The smallest absolute Gasteiger partial charge is 0.325 e. The second-order valence-electron chi connectivity index (χ2n) is 7.67. The highest BCUT2D eigenvalue weighted by molar-refractivity contribution is 7.09. The number of carbonyl (C=O) groups is 2. The van der Waals surface area contributed by atoms with Crippen LogP contribution < -0.4 is 20.3 Å². The number of nitrogens with zero attached hydrogens (tertiary/aromatic N) is 1. The van der Waals surface area contributed by atoms with Crippen LogP contribution in [0.25, 0.3) is 0 Å². The predicted octanol–water partition coefficient (Wildman–Crippen LogP) is 4.45. The second-order valence-corrected chi connectivity index (χ2v) is 8.70. The maximum absolute atomic E-state index is 13.0. The van der Waals surface area contributed by atoms with Crippen LogP contribution in [0.2, 0.25) is 0 Å². The number of thiophene rings is 1. The molecule has 5 rings (SSSR count). The molecule has 152 valence electrons. The van der Waals surface area contributed by atoms with Crippen LogP contribution in [0.3, 0.4) is 0 Å². The summed E-state index contributed by atoms with van der Waals surface area (Å²) in [6.07, 6.45) is 0.616. The zero-order valence-corrected chi connectivity index (χ0v) is 17.2. The molecule has 1 saturated heterocycles. The van der Waals surface area contributed by atoms with Crippen molar-refractivity contribution in [3.63, 3.8) is 0 Å². The Morgan fingerprint density at radius 2 is 2.10 bits per heavy atom. The van der Waals surface area contributed by atoms with Crippen LogP contribution in [0.1, 0.15) is 40.2 Å². The van der Waals surface area contributed by atoms with Crippen LogP contribution in [0, 0.1) is 0 Å². The standard InChI is InChI=1S/C23H21N3O3S/c1-23-13-19(18-9-2-3-10-20(18)29-23)25-22(28)26(23)16-7-4-6-15(12-16)21(27)24-14-17-8-5-11-30-17/h2-12,19H,13-14H2,1H3,(H,24,27)(H,25,28)/t19-,23-/m1/s1. The number of carbonyl (C=O) groups excluding carboxylic acids is 2. The van der Waals surface area contributed by atoms with Gasteiger partial charge in [0.15, 0.2) is 5.72 Å². The van der Waals surface area contributed by atoms with E-state index >= 15 is 0 Å². The van der Waals surface area contributed by atoms with Crippen LogP contribution >= 0.6 is 11.3 Å². The van der Waals surface area contributed by atoms with E-state index in [4.69, 9.17) is 4.74 Å². The molecule has 2 aliphatic heterocycles. The summed E-state index contributed by atoms with van der Waals surface area (Å²) >= 11 is 1.60. The van der Waals surface area contributed by atoms with Crippen LogP contribution in [0.5, 0.6) is 5.75 Å². The van der Waals surface area contributed by atoms with E-state index in [1.165, 1.54) is 0 Å². The van der Waals surface area contributed by atoms with Crippen molar-refractivity contribution < 1.29 is 14.3 Å². The molecular weight excluding hydrogens is 398 g/mol. The van der Waals surface area contributed by atoms with Crippen molar-refractivity contribution in [2.24, 2.45) is 0 Å². The van der Waals surface area contributed by atoms with Gasteiger partial charge in [0.05, 0.1) is 18.3 Å². The Balaban J connectivity index is 1.42. The summed E-state index contributed by atoms with van der Waals surface area (Å²) in [5, 5.41) is 7.99. The van der Waals surface area contributed by atoms with Gasteiger partial charge >= 0.3 is 6.03 Å².